The van der Waals surface area contributed by atoms with E-state index in [1.807, 2.05) is 0 Å². The number of hydrazine groups is 1. The summed E-state index contributed by atoms with van der Waals surface area (Å²) in [5.74, 6) is 6.16. The van der Waals surface area contributed by atoms with Crippen LogP contribution in [-0.4, -0.2) is 6.04 Å². The summed E-state index contributed by atoms with van der Waals surface area (Å²) in [4.78, 5) is 0. The molecule has 0 aliphatic carbocycles. The summed E-state index contributed by atoms with van der Waals surface area (Å²) in [6, 6.07) is 4.65. The van der Waals surface area contributed by atoms with E-state index in [4.69, 9.17) is 17.4 Å². The second-order valence-electron chi connectivity index (χ2n) is 4.82. The average Bonchev–Trinajstić information content (AvgIpc) is 2.29. The van der Waals surface area contributed by atoms with Crippen LogP contribution < -0.4 is 11.3 Å². The van der Waals surface area contributed by atoms with Gasteiger partial charge in [0.05, 0.1) is 0 Å². The van der Waals surface area contributed by atoms with Crippen LogP contribution in [0.4, 0.5) is 4.39 Å². The summed E-state index contributed by atoms with van der Waals surface area (Å²) in [5.41, 5.74) is 3.37. The summed E-state index contributed by atoms with van der Waals surface area (Å²) in [5, 5.41) is 0.550. The number of nitrogens with two attached hydrogens (primary N) is 1. The molecule has 1 aromatic rings. The fourth-order valence-electron chi connectivity index (χ4n) is 1.80. The van der Waals surface area contributed by atoms with Crippen LogP contribution in [0, 0.1) is 17.7 Å². The monoisotopic (exact) mass is 258 g/mol. The predicted octanol–water partition coefficient (Wildman–Crippen LogP) is 3.15. The highest BCUT2D eigenvalue weighted by Crippen LogP contribution is 2.21. The lowest BCUT2D eigenvalue weighted by atomic mass is 9.87. The van der Waals surface area contributed by atoms with E-state index in [0.29, 0.717) is 28.8 Å². The van der Waals surface area contributed by atoms with Gasteiger partial charge in [-0.25, -0.2) is 4.39 Å². The van der Waals surface area contributed by atoms with Crippen LogP contribution in [-0.2, 0) is 6.42 Å². The molecule has 0 bridgehead atoms. The molecule has 0 fully saturated rings. The minimum atomic E-state index is -0.231. The summed E-state index contributed by atoms with van der Waals surface area (Å²) >= 11 is 5.87. The topological polar surface area (TPSA) is 38.0 Å². The van der Waals surface area contributed by atoms with Crippen LogP contribution in [0.3, 0.4) is 0 Å². The second kappa shape index (κ2) is 6.34. The molecule has 0 heterocycles. The van der Waals surface area contributed by atoms with Gasteiger partial charge in [0.15, 0.2) is 0 Å². The molecule has 4 heteroatoms. The van der Waals surface area contributed by atoms with Crippen LogP contribution in [0.15, 0.2) is 18.2 Å². The van der Waals surface area contributed by atoms with E-state index in [0.717, 1.165) is 0 Å². The van der Waals surface area contributed by atoms with E-state index in [9.17, 15) is 4.39 Å². The SMILES string of the molecule is CC(C)C(C)C(Cc1cc(Cl)ccc1F)NN. The highest BCUT2D eigenvalue weighted by molar-refractivity contribution is 6.30. The Morgan fingerprint density at radius 3 is 2.53 bits per heavy atom. The fourth-order valence-corrected chi connectivity index (χ4v) is 1.99. The summed E-state index contributed by atoms with van der Waals surface area (Å²) in [6.07, 6.45) is 0.544. The zero-order chi connectivity index (χ0) is 13.0. The fraction of sp³-hybridized carbons (Fsp3) is 0.538. The molecule has 0 radical (unpaired) electrons. The van der Waals surface area contributed by atoms with E-state index in [-0.39, 0.29) is 11.9 Å². The number of hydrogen-bond acceptors (Lipinski definition) is 2. The standard InChI is InChI=1S/C13H20ClFN2/c1-8(2)9(3)13(17-16)7-10-6-11(14)4-5-12(10)15/h4-6,8-9,13,17H,7,16H2,1-3H3. The maximum atomic E-state index is 13.6. The highest BCUT2D eigenvalue weighted by atomic mass is 35.5. The molecule has 2 atom stereocenters. The molecule has 96 valence electrons. The molecule has 0 saturated heterocycles. The number of rotatable bonds is 5. The lowest BCUT2D eigenvalue weighted by Crippen LogP contribution is -2.43. The molecule has 17 heavy (non-hydrogen) atoms. The lowest BCUT2D eigenvalue weighted by Gasteiger charge is -2.26. The van der Waals surface area contributed by atoms with Gasteiger partial charge < -0.3 is 0 Å². The molecular formula is C13H20ClFN2. The van der Waals surface area contributed by atoms with Crippen LogP contribution in [0.5, 0.6) is 0 Å². The summed E-state index contributed by atoms with van der Waals surface area (Å²) < 4.78 is 13.6. The van der Waals surface area contributed by atoms with Crippen LogP contribution >= 0.6 is 11.6 Å². The van der Waals surface area contributed by atoms with Gasteiger partial charge in [-0.3, -0.25) is 11.3 Å². The Hall–Kier alpha value is -0.640. The Kier molecular flexibility index (Phi) is 5.37. The van der Waals surface area contributed by atoms with Crippen molar-refractivity contribution in [2.45, 2.75) is 33.2 Å². The first-order valence-electron chi connectivity index (χ1n) is 5.85. The molecule has 3 N–H and O–H groups in total. The maximum absolute atomic E-state index is 13.6. The third-order valence-corrected chi connectivity index (χ3v) is 3.58. The highest BCUT2D eigenvalue weighted by Gasteiger charge is 2.20. The normalized spacial score (nSPS) is 15.0. The first-order chi connectivity index (χ1) is 7.95. The van der Waals surface area contributed by atoms with Crippen molar-refractivity contribution in [3.05, 3.63) is 34.6 Å². The van der Waals surface area contributed by atoms with Crippen molar-refractivity contribution in [3.8, 4) is 0 Å². The largest absolute Gasteiger partial charge is 0.271 e. The van der Waals surface area contributed by atoms with Crippen LogP contribution in [0.1, 0.15) is 26.3 Å². The Bertz CT molecular complexity index is 368. The first kappa shape index (κ1) is 14.4. The van der Waals surface area contributed by atoms with E-state index in [1.165, 1.54) is 6.07 Å². The summed E-state index contributed by atoms with van der Waals surface area (Å²) in [6.45, 7) is 6.37. The van der Waals surface area contributed by atoms with Gasteiger partial charge in [-0.15, -0.1) is 0 Å². The molecule has 0 spiro atoms. The Morgan fingerprint density at radius 2 is 2.00 bits per heavy atom. The molecule has 0 aliphatic rings. The Morgan fingerprint density at radius 1 is 1.35 bits per heavy atom. The van der Waals surface area contributed by atoms with Crippen molar-refractivity contribution < 1.29 is 4.39 Å². The van der Waals surface area contributed by atoms with Crippen molar-refractivity contribution in [1.29, 1.82) is 0 Å². The third kappa shape index (κ3) is 3.95. The van der Waals surface area contributed by atoms with Gasteiger partial charge in [0.2, 0.25) is 0 Å². The van der Waals surface area contributed by atoms with Gasteiger partial charge in [0.25, 0.3) is 0 Å². The third-order valence-electron chi connectivity index (χ3n) is 3.35. The van der Waals surface area contributed by atoms with E-state index < -0.39 is 0 Å². The number of hydrogen-bond donors (Lipinski definition) is 2. The molecule has 0 amide bonds. The van der Waals surface area contributed by atoms with E-state index >= 15 is 0 Å². The zero-order valence-electron chi connectivity index (χ0n) is 10.5. The molecule has 1 rings (SSSR count). The molecule has 0 aliphatic heterocycles. The van der Waals surface area contributed by atoms with E-state index in [1.54, 1.807) is 12.1 Å². The van der Waals surface area contributed by atoms with Crippen LogP contribution in [0.25, 0.3) is 0 Å². The lowest BCUT2D eigenvalue weighted by molar-refractivity contribution is 0.297. The minimum Gasteiger partial charge on any atom is -0.271 e. The quantitative estimate of drug-likeness (QED) is 0.629. The second-order valence-corrected chi connectivity index (χ2v) is 5.25. The van der Waals surface area contributed by atoms with Crippen molar-refractivity contribution in [2.75, 3.05) is 0 Å². The first-order valence-corrected chi connectivity index (χ1v) is 6.23. The van der Waals surface area contributed by atoms with Crippen molar-refractivity contribution in [3.63, 3.8) is 0 Å². The molecule has 1 aromatic carbocycles. The minimum absolute atomic E-state index is 0.0444. The zero-order valence-corrected chi connectivity index (χ0v) is 11.3. The number of nitrogens with one attached hydrogen (secondary N) is 1. The molecule has 0 saturated carbocycles. The maximum Gasteiger partial charge on any atom is 0.126 e. The Balaban J connectivity index is 2.83. The van der Waals surface area contributed by atoms with Gasteiger partial charge >= 0.3 is 0 Å². The van der Waals surface area contributed by atoms with Gasteiger partial charge in [-0.1, -0.05) is 32.4 Å². The van der Waals surface area contributed by atoms with Gasteiger partial charge in [0.1, 0.15) is 5.82 Å². The molecule has 0 aromatic heterocycles. The van der Waals surface area contributed by atoms with Gasteiger partial charge in [-0.05, 0) is 42.0 Å². The number of benzene rings is 1. The smallest absolute Gasteiger partial charge is 0.126 e. The van der Waals surface area contributed by atoms with Crippen molar-refractivity contribution in [1.82, 2.24) is 5.43 Å². The Labute approximate surface area is 107 Å². The molecular weight excluding hydrogens is 239 g/mol. The van der Waals surface area contributed by atoms with Gasteiger partial charge in [0, 0.05) is 11.1 Å². The average molecular weight is 259 g/mol. The van der Waals surface area contributed by atoms with E-state index in [2.05, 4.69) is 26.2 Å². The predicted molar refractivity (Wildman–Crippen MR) is 70.2 cm³/mol. The van der Waals surface area contributed by atoms with Crippen LogP contribution in [0.2, 0.25) is 5.02 Å². The summed E-state index contributed by atoms with van der Waals surface area (Å²) in [7, 11) is 0. The van der Waals surface area contributed by atoms with Crippen molar-refractivity contribution in [2.24, 2.45) is 17.7 Å². The van der Waals surface area contributed by atoms with Crippen molar-refractivity contribution >= 4 is 11.6 Å². The molecule has 2 unspecified atom stereocenters. The molecule has 2 nitrogen and oxygen atoms in total. The number of halogens is 2. The van der Waals surface area contributed by atoms with Gasteiger partial charge in [-0.2, -0.15) is 0 Å².